The summed E-state index contributed by atoms with van der Waals surface area (Å²) in [5, 5.41) is 1.99. The van der Waals surface area contributed by atoms with Gasteiger partial charge >= 0.3 is 0 Å². The molecule has 6 nitrogen and oxygen atoms in total. The normalized spacial score (nSPS) is 18.9. The minimum Gasteiger partial charge on any atom is -0.491 e. The van der Waals surface area contributed by atoms with Crippen molar-refractivity contribution in [1.82, 2.24) is 9.80 Å². The minimum atomic E-state index is -0.509. The molecular weight excluding hydrogens is 498 g/mol. The van der Waals surface area contributed by atoms with E-state index in [0.717, 1.165) is 18.4 Å². The predicted molar refractivity (Wildman–Crippen MR) is 136 cm³/mol. The molecule has 9 heteroatoms. The van der Waals surface area contributed by atoms with Crippen molar-refractivity contribution in [3.63, 3.8) is 0 Å². The maximum atomic E-state index is 13.9. The molecule has 0 saturated carbocycles. The second kappa shape index (κ2) is 11.4. The average molecular weight is 527 g/mol. The zero-order chi connectivity index (χ0) is 25.8. The molecule has 194 valence electrons. The monoisotopic (exact) mass is 526 g/mol. The number of carbonyl (C=O) groups excluding carboxylic acids is 2. The van der Waals surface area contributed by atoms with Gasteiger partial charge in [-0.25, -0.2) is 8.78 Å². The van der Waals surface area contributed by atoms with Gasteiger partial charge in [-0.2, -0.15) is 0 Å². The van der Waals surface area contributed by atoms with Gasteiger partial charge in [-0.3, -0.25) is 9.59 Å². The van der Waals surface area contributed by atoms with Gasteiger partial charge in [0, 0.05) is 36.2 Å². The predicted octanol–water partition coefficient (Wildman–Crippen LogP) is 4.85. The highest BCUT2D eigenvalue weighted by Gasteiger charge is 2.34. The summed E-state index contributed by atoms with van der Waals surface area (Å²) in [6.45, 7) is 1.34. The van der Waals surface area contributed by atoms with Crippen molar-refractivity contribution in [3.05, 3.63) is 87.6 Å². The summed E-state index contributed by atoms with van der Waals surface area (Å²) in [6.07, 6.45) is 2.24. The van der Waals surface area contributed by atoms with E-state index in [-0.39, 0.29) is 43.3 Å². The quantitative estimate of drug-likeness (QED) is 0.421. The number of rotatable bonds is 8. The van der Waals surface area contributed by atoms with Gasteiger partial charge in [0.05, 0.1) is 12.1 Å². The van der Waals surface area contributed by atoms with Gasteiger partial charge in [0.2, 0.25) is 5.91 Å². The Morgan fingerprint density at radius 2 is 1.92 bits per heavy atom. The first-order chi connectivity index (χ1) is 18.0. The van der Waals surface area contributed by atoms with Crippen LogP contribution >= 0.6 is 11.3 Å². The zero-order valence-electron chi connectivity index (χ0n) is 20.3. The van der Waals surface area contributed by atoms with Gasteiger partial charge in [0.25, 0.3) is 5.91 Å². The number of hydrogen-bond acceptors (Lipinski definition) is 5. The Kier molecular flexibility index (Phi) is 7.81. The molecule has 3 aromatic rings. The van der Waals surface area contributed by atoms with Crippen molar-refractivity contribution in [2.45, 2.75) is 31.4 Å². The fraction of sp³-hybridized carbons (Fsp3) is 0.357. The first-order valence-corrected chi connectivity index (χ1v) is 13.3. The van der Waals surface area contributed by atoms with E-state index in [1.165, 1.54) is 40.1 Å². The maximum Gasteiger partial charge on any atom is 0.254 e. The molecule has 0 aliphatic carbocycles. The molecule has 3 heterocycles. The molecule has 2 amide bonds. The summed E-state index contributed by atoms with van der Waals surface area (Å²) in [5.74, 6) is -1.16. The maximum absolute atomic E-state index is 13.9. The van der Waals surface area contributed by atoms with E-state index in [1.54, 1.807) is 34.4 Å². The Morgan fingerprint density at radius 1 is 1.11 bits per heavy atom. The molecule has 2 aliphatic heterocycles. The van der Waals surface area contributed by atoms with E-state index in [9.17, 15) is 18.4 Å². The Bertz CT molecular complexity index is 1260. The average Bonchev–Trinajstić information content (AvgIpc) is 3.58. The number of ether oxygens (including phenoxy) is 2. The van der Waals surface area contributed by atoms with Crippen LogP contribution in [-0.4, -0.2) is 60.6 Å². The lowest BCUT2D eigenvalue weighted by Gasteiger charge is -2.37. The van der Waals surface area contributed by atoms with E-state index in [0.29, 0.717) is 25.3 Å². The number of thiophene rings is 1. The Morgan fingerprint density at radius 3 is 2.68 bits per heavy atom. The van der Waals surface area contributed by atoms with Crippen LogP contribution in [0.15, 0.2) is 60.0 Å². The summed E-state index contributed by atoms with van der Waals surface area (Å²) in [6, 6.07) is 13.0. The number of carbonyl (C=O) groups is 2. The second-order valence-electron chi connectivity index (χ2n) is 9.25. The number of hydrogen-bond donors (Lipinski definition) is 0. The first kappa shape index (κ1) is 25.4. The summed E-state index contributed by atoms with van der Waals surface area (Å²) >= 11 is 1.64. The molecule has 2 atom stereocenters. The summed E-state index contributed by atoms with van der Waals surface area (Å²) < 4.78 is 39.2. The molecule has 0 N–H and O–H groups in total. The number of nitrogens with zero attached hydrogens (tertiary/aromatic N) is 2. The highest BCUT2D eigenvalue weighted by molar-refractivity contribution is 7.10. The van der Waals surface area contributed by atoms with Crippen LogP contribution in [0.25, 0.3) is 0 Å². The molecule has 0 radical (unpaired) electrons. The number of halogens is 2. The highest BCUT2D eigenvalue weighted by atomic mass is 32.1. The van der Waals surface area contributed by atoms with Crippen LogP contribution in [0.4, 0.5) is 8.78 Å². The third-order valence-electron chi connectivity index (χ3n) is 6.75. The highest BCUT2D eigenvalue weighted by Crippen LogP contribution is 2.34. The van der Waals surface area contributed by atoms with Gasteiger partial charge < -0.3 is 19.3 Å². The van der Waals surface area contributed by atoms with Gasteiger partial charge in [-0.1, -0.05) is 12.1 Å². The van der Waals surface area contributed by atoms with Crippen LogP contribution in [0, 0.1) is 11.6 Å². The molecule has 0 bridgehead atoms. The molecule has 1 fully saturated rings. The Labute approximate surface area is 218 Å². The van der Waals surface area contributed by atoms with E-state index >= 15 is 0 Å². The smallest absolute Gasteiger partial charge is 0.254 e. The fourth-order valence-electron chi connectivity index (χ4n) is 4.92. The van der Waals surface area contributed by atoms with Gasteiger partial charge in [0.15, 0.2) is 0 Å². The van der Waals surface area contributed by atoms with E-state index in [4.69, 9.17) is 9.47 Å². The molecule has 2 aliphatic rings. The second-order valence-corrected chi connectivity index (χ2v) is 10.3. The van der Waals surface area contributed by atoms with Crippen molar-refractivity contribution in [2.75, 3.05) is 32.8 Å². The minimum absolute atomic E-state index is 0.155. The van der Waals surface area contributed by atoms with Gasteiger partial charge in [0.1, 0.15) is 30.5 Å². The van der Waals surface area contributed by atoms with Crippen LogP contribution in [-0.2, 0) is 16.0 Å². The standard InChI is InChI=1S/C28H28F2N2O4S/c29-20-5-1-4-19(14-20)28(34)31(16-23-8-3-12-35-23)17-27(33)32-11-9-26-24(10-13-37-26)25(32)18-36-22-7-2-6-21(30)15-22/h1-2,4-7,10,13-15,23,25H,3,8-9,11-12,16-18H2/t23-,25+/m1/s1. The Balaban J connectivity index is 1.36. The van der Waals surface area contributed by atoms with Crippen molar-refractivity contribution in [2.24, 2.45) is 0 Å². The van der Waals surface area contributed by atoms with Crippen LogP contribution in [0.1, 0.15) is 39.7 Å². The Hall–Kier alpha value is -3.30. The summed E-state index contributed by atoms with van der Waals surface area (Å²) in [4.78, 5) is 31.4. The molecule has 1 saturated heterocycles. The molecule has 2 aromatic carbocycles. The molecular formula is C28H28F2N2O4S. The molecule has 0 spiro atoms. The molecule has 1 aromatic heterocycles. The third kappa shape index (κ3) is 5.99. The lowest BCUT2D eigenvalue weighted by molar-refractivity contribution is -0.135. The number of benzene rings is 2. The van der Waals surface area contributed by atoms with Crippen LogP contribution in [0.5, 0.6) is 5.75 Å². The number of fused-ring (bicyclic) bond motifs is 1. The van der Waals surface area contributed by atoms with Crippen LogP contribution in [0.3, 0.4) is 0 Å². The molecule has 5 rings (SSSR count). The zero-order valence-corrected chi connectivity index (χ0v) is 21.1. The van der Waals surface area contributed by atoms with E-state index in [1.807, 2.05) is 11.4 Å². The van der Waals surface area contributed by atoms with Crippen molar-refractivity contribution in [3.8, 4) is 5.75 Å². The number of amides is 2. The SMILES string of the molecule is O=C(c1cccc(F)c1)N(CC(=O)N1CCc2sccc2[C@@H]1COc1cccc(F)c1)C[C@H]1CCCO1. The third-order valence-corrected chi connectivity index (χ3v) is 7.75. The van der Waals surface area contributed by atoms with Crippen LogP contribution in [0.2, 0.25) is 0 Å². The largest absolute Gasteiger partial charge is 0.491 e. The van der Waals surface area contributed by atoms with Crippen molar-refractivity contribution in [1.29, 1.82) is 0 Å². The van der Waals surface area contributed by atoms with Crippen molar-refractivity contribution >= 4 is 23.2 Å². The van der Waals surface area contributed by atoms with Crippen LogP contribution < -0.4 is 4.74 Å². The molecule has 0 unspecified atom stereocenters. The lowest BCUT2D eigenvalue weighted by Crippen LogP contribution is -2.49. The summed E-state index contributed by atoms with van der Waals surface area (Å²) in [7, 11) is 0. The lowest BCUT2D eigenvalue weighted by atomic mass is 10.00. The first-order valence-electron chi connectivity index (χ1n) is 12.4. The van der Waals surface area contributed by atoms with Gasteiger partial charge in [-0.15, -0.1) is 11.3 Å². The van der Waals surface area contributed by atoms with E-state index in [2.05, 4.69) is 0 Å². The topological polar surface area (TPSA) is 59.1 Å². The molecule has 37 heavy (non-hydrogen) atoms. The fourth-order valence-corrected chi connectivity index (χ4v) is 5.85. The summed E-state index contributed by atoms with van der Waals surface area (Å²) in [5.41, 5.74) is 1.19. The van der Waals surface area contributed by atoms with Gasteiger partial charge in [-0.05, 0) is 66.6 Å². The van der Waals surface area contributed by atoms with E-state index < -0.39 is 17.5 Å². The van der Waals surface area contributed by atoms with Crippen molar-refractivity contribution < 1.29 is 27.8 Å².